The van der Waals surface area contributed by atoms with E-state index in [1.807, 2.05) is 20.8 Å². The van der Waals surface area contributed by atoms with Crippen LogP contribution in [0.15, 0.2) is 18.3 Å². The van der Waals surface area contributed by atoms with Crippen LogP contribution in [0.1, 0.15) is 36.6 Å². The van der Waals surface area contributed by atoms with Crippen molar-refractivity contribution in [2.24, 2.45) is 0 Å². The van der Waals surface area contributed by atoms with E-state index >= 15 is 8.78 Å². The number of fused-ring (bicyclic) bond motifs is 4. The van der Waals surface area contributed by atoms with Gasteiger partial charge in [-0.15, -0.1) is 10.2 Å². The number of aromatic amines is 1. The minimum atomic E-state index is -1.03. The molecule has 0 unspecified atom stereocenters. The lowest BCUT2D eigenvalue weighted by Crippen LogP contribution is -2.37. The van der Waals surface area contributed by atoms with Gasteiger partial charge in [0.2, 0.25) is 0 Å². The molecular weight excluding hydrogens is 391 g/mol. The average molecular weight is 411 g/mol. The van der Waals surface area contributed by atoms with Crippen molar-refractivity contribution in [2.45, 2.75) is 40.2 Å². The Kier molecular flexibility index (Phi) is 3.66. The molecule has 154 valence electrons. The third kappa shape index (κ3) is 2.30. The Balaban J connectivity index is 1.92. The molecule has 5 rings (SSSR count). The van der Waals surface area contributed by atoms with Crippen molar-refractivity contribution in [1.82, 2.24) is 19.7 Å². The zero-order chi connectivity index (χ0) is 21.5. The first kappa shape index (κ1) is 18.7. The van der Waals surface area contributed by atoms with Crippen molar-refractivity contribution in [3.05, 3.63) is 58.6 Å². The van der Waals surface area contributed by atoms with Gasteiger partial charge in [-0.2, -0.15) is 0 Å². The molecule has 3 heterocycles. The number of anilines is 1. The van der Waals surface area contributed by atoms with Crippen LogP contribution >= 0.6 is 0 Å². The maximum atomic E-state index is 15.5. The summed E-state index contributed by atoms with van der Waals surface area (Å²) in [5.41, 5.74) is 1.85. The molecule has 0 bridgehead atoms. The second-order valence-electron chi connectivity index (χ2n) is 8.36. The van der Waals surface area contributed by atoms with Crippen LogP contribution in [0.2, 0.25) is 0 Å². The summed E-state index contributed by atoms with van der Waals surface area (Å²) >= 11 is 0. The summed E-state index contributed by atoms with van der Waals surface area (Å²) in [4.78, 5) is 3.07. The molecule has 8 heteroatoms. The number of hydrogen-bond acceptors (Lipinski definition) is 3. The van der Waals surface area contributed by atoms with E-state index < -0.39 is 23.0 Å². The first-order chi connectivity index (χ1) is 14.1. The summed E-state index contributed by atoms with van der Waals surface area (Å²) < 4.78 is 47.0. The summed E-state index contributed by atoms with van der Waals surface area (Å²) in [6, 6.07) is 2.62. The second kappa shape index (κ2) is 5.87. The Morgan fingerprint density at radius 2 is 1.73 bits per heavy atom. The molecule has 2 aromatic carbocycles. The Hall–Kier alpha value is -3.29. The normalized spacial score (nSPS) is 14.5. The highest BCUT2D eigenvalue weighted by atomic mass is 19.2. The number of benzene rings is 2. The van der Waals surface area contributed by atoms with Crippen LogP contribution < -0.4 is 5.32 Å². The van der Waals surface area contributed by atoms with E-state index in [1.165, 1.54) is 12.1 Å². The number of nitrogens with zero attached hydrogens (tertiary/aromatic N) is 3. The highest BCUT2D eigenvalue weighted by molar-refractivity contribution is 5.98. The van der Waals surface area contributed by atoms with Crippen LogP contribution in [-0.4, -0.2) is 19.7 Å². The molecular formula is C22H20F3N5. The Bertz CT molecular complexity index is 1360. The SMILES string of the molecule is Cc1c(-c2cc(F)cc3c(C)c[nH]c23)c(F)c(F)c2c1-n1c(C)nnc1C(C)(C)N2. The van der Waals surface area contributed by atoms with Gasteiger partial charge in [-0.1, -0.05) is 0 Å². The largest absolute Gasteiger partial charge is 0.369 e. The fraction of sp³-hybridized carbons (Fsp3) is 0.273. The van der Waals surface area contributed by atoms with Crippen molar-refractivity contribution >= 4 is 16.6 Å². The maximum absolute atomic E-state index is 15.5. The van der Waals surface area contributed by atoms with Crippen molar-refractivity contribution in [3.8, 4) is 16.8 Å². The summed E-state index contributed by atoms with van der Waals surface area (Å²) in [7, 11) is 0. The van der Waals surface area contributed by atoms with Crippen LogP contribution in [-0.2, 0) is 5.54 Å². The quantitative estimate of drug-likeness (QED) is 0.440. The van der Waals surface area contributed by atoms with Crippen molar-refractivity contribution in [3.63, 3.8) is 0 Å². The molecule has 0 aliphatic carbocycles. The highest BCUT2D eigenvalue weighted by Crippen LogP contribution is 2.45. The second-order valence-corrected chi connectivity index (χ2v) is 8.36. The van der Waals surface area contributed by atoms with Gasteiger partial charge in [0.25, 0.3) is 0 Å². The lowest BCUT2D eigenvalue weighted by atomic mass is 9.91. The van der Waals surface area contributed by atoms with Crippen molar-refractivity contribution in [2.75, 3.05) is 5.32 Å². The molecule has 4 aromatic rings. The zero-order valence-electron chi connectivity index (χ0n) is 17.2. The maximum Gasteiger partial charge on any atom is 0.184 e. The molecule has 2 aromatic heterocycles. The molecule has 1 aliphatic rings. The number of rotatable bonds is 1. The lowest BCUT2D eigenvalue weighted by Gasteiger charge is -2.35. The molecule has 2 N–H and O–H groups in total. The minimum absolute atomic E-state index is 0.0122. The Morgan fingerprint density at radius 3 is 2.47 bits per heavy atom. The molecule has 0 saturated carbocycles. The highest BCUT2D eigenvalue weighted by Gasteiger charge is 2.38. The fourth-order valence-corrected chi connectivity index (χ4v) is 4.44. The molecule has 1 aliphatic heterocycles. The molecule has 0 fully saturated rings. The minimum Gasteiger partial charge on any atom is -0.369 e. The predicted octanol–water partition coefficient (Wildman–Crippen LogP) is 5.42. The van der Waals surface area contributed by atoms with E-state index in [4.69, 9.17) is 0 Å². The van der Waals surface area contributed by atoms with Crippen LogP contribution in [0.5, 0.6) is 0 Å². The standard InChI is InChI=1S/C22H20F3N5/c1-9-8-26-18-13(9)6-12(23)7-14(18)15-10(2)20-19(17(25)16(15)24)27-22(4,5)21-29-28-11(3)30(20)21/h6-8,26-27H,1-5H3. The van der Waals surface area contributed by atoms with Gasteiger partial charge < -0.3 is 10.3 Å². The van der Waals surface area contributed by atoms with E-state index in [0.717, 1.165) is 5.56 Å². The van der Waals surface area contributed by atoms with Crippen LogP contribution in [0.3, 0.4) is 0 Å². The summed E-state index contributed by atoms with van der Waals surface area (Å²) in [5, 5.41) is 12.1. The number of hydrogen-bond donors (Lipinski definition) is 2. The topological polar surface area (TPSA) is 58.5 Å². The van der Waals surface area contributed by atoms with Gasteiger partial charge in [0, 0.05) is 22.7 Å². The number of nitrogens with one attached hydrogen (secondary N) is 2. The van der Waals surface area contributed by atoms with E-state index in [2.05, 4.69) is 20.5 Å². The van der Waals surface area contributed by atoms with Crippen LogP contribution in [0.25, 0.3) is 27.7 Å². The predicted molar refractivity (Wildman–Crippen MR) is 109 cm³/mol. The monoisotopic (exact) mass is 411 g/mol. The molecule has 0 amide bonds. The summed E-state index contributed by atoms with van der Waals surface area (Å²) in [6.45, 7) is 8.95. The number of halogens is 3. The Morgan fingerprint density at radius 1 is 1.00 bits per heavy atom. The van der Waals surface area contributed by atoms with Gasteiger partial charge in [-0.05, 0) is 57.9 Å². The van der Waals surface area contributed by atoms with Gasteiger partial charge in [0.1, 0.15) is 11.6 Å². The molecule has 30 heavy (non-hydrogen) atoms. The summed E-state index contributed by atoms with van der Waals surface area (Å²) in [6.07, 6.45) is 1.72. The smallest absolute Gasteiger partial charge is 0.184 e. The van der Waals surface area contributed by atoms with E-state index in [1.54, 1.807) is 24.6 Å². The molecule has 5 nitrogen and oxygen atoms in total. The van der Waals surface area contributed by atoms with Crippen molar-refractivity contribution < 1.29 is 13.2 Å². The molecule has 0 radical (unpaired) electrons. The van der Waals surface area contributed by atoms with E-state index in [9.17, 15) is 4.39 Å². The van der Waals surface area contributed by atoms with Gasteiger partial charge >= 0.3 is 0 Å². The van der Waals surface area contributed by atoms with Gasteiger partial charge in [0.15, 0.2) is 17.5 Å². The number of aryl methyl sites for hydroxylation is 2. The number of H-pyrrole nitrogens is 1. The first-order valence-electron chi connectivity index (χ1n) is 9.62. The third-order valence-electron chi connectivity index (χ3n) is 5.87. The van der Waals surface area contributed by atoms with Gasteiger partial charge in [0.05, 0.1) is 22.4 Å². The first-order valence-corrected chi connectivity index (χ1v) is 9.62. The van der Waals surface area contributed by atoms with Gasteiger partial charge in [-0.25, -0.2) is 13.2 Å². The third-order valence-corrected chi connectivity index (χ3v) is 5.87. The molecule has 0 saturated heterocycles. The van der Waals surface area contributed by atoms with Crippen LogP contribution in [0.4, 0.5) is 18.9 Å². The lowest BCUT2D eigenvalue weighted by molar-refractivity contribution is 0.488. The Labute approximate surface area is 170 Å². The van der Waals surface area contributed by atoms with E-state index in [0.29, 0.717) is 33.8 Å². The average Bonchev–Trinajstić information content (AvgIpc) is 3.24. The van der Waals surface area contributed by atoms with Crippen molar-refractivity contribution in [1.29, 1.82) is 0 Å². The fourth-order valence-electron chi connectivity index (χ4n) is 4.44. The van der Waals surface area contributed by atoms with E-state index in [-0.39, 0.29) is 16.8 Å². The van der Waals surface area contributed by atoms with Gasteiger partial charge in [-0.3, -0.25) is 4.57 Å². The zero-order valence-corrected chi connectivity index (χ0v) is 17.2. The molecule has 0 atom stereocenters. The number of aromatic nitrogens is 4. The van der Waals surface area contributed by atoms with Crippen LogP contribution in [0, 0.1) is 38.2 Å². The summed E-state index contributed by atoms with van der Waals surface area (Å²) in [5.74, 6) is -1.41. The molecule has 0 spiro atoms.